The highest BCUT2D eigenvalue weighted by Crippen LogP contribution is 2.24. The van der Waals surface area contributed by atoms with Crippen molar-refractivity contribution in [2.24, 2.45) is 5.73 Å². The van der Waals surface area contributed by atoms with Crippen LogP contribution in [0.1, 0.15) is 30.9 Å². The van der Waals surface area contributed by atoms with E-state index in [1.54, 1.807) is 0 Å². The van der Waals surface area contributed by atoms with Crippen molar-refractivity contribution in [1.29, 1.82) is 0 Å². The van der Waals surface area contributed by atoms with E-state index in [2.05, 4.69) is 51.0 Å². The predicted octanol–water partition coefficient (Wildman–Crippen LogP) is 2.33. The second kappa shape index (κ2) is 4.47. The van der Waals surface area contributed by atoms with Gasteiger partial charge in [-0.05, 0) is 23.1 Å². The van der Waals surface area contributed by atoms with Gasteiger partial charge >= 0.3 is 0 Å². The molecule has 1 rings (SSSR count). The van der Waals surface area contributed by atoms with E-state index in [-0.39, 0.29) is 0 Å². The highest BCUT2D eigenvalue weighted by molar-refractivity contribution is 5.55. The van der Waals surface area contributed by atoms with Gasteiger partial charge in [0.2, 0.25) is 0 Å². The van der Waals surface area contributed by atoms with Crippen LogP contribution in [0, 0.1) is 0 Å². The lowest BCUT2D eigenvalue weighted by Gasteiger charge is -2.19. The fraction of sp³-hybridized carbons (Fsp3) is 0.500. The largest absolute Gasteiger partial charge is 0.377 e. The Morgan fingerprint density at radius 3 is 2.36 bits per heavy atom. The van der Waals surface area contributed by atoms with E-state index in [0.717, 1.165) is 0 Å². The molecule has 1 aromatic carbocycles. The third kappa shape index (κ3) is 2.26. The van der Waals surface area contributed by atoms with E-state index in [4.69, 9.17) is 5.73 Å². The van der Waals surface area contributed by atoms with E-state index in [9.17, 15) is 0 Å². The minimum atomic E-state index is 0.570. The molecule has 0 spiro atoms. The number of rotatable bonds is 3. The van der Waals surface area contributed by atoms with Gasteiger partial charge in [0.15, 0.2) is 0 Å². The van der Waals surface area contributed by atoms with Crippen LogP contribution in [-0.4, -0.2) is 14.1 Å². The lowest BCUT2D eigenvalue weighted by atomic mass is 10.00. The van der Waals surface area contributed by atoms with Gasteiger partial charge in [0.25, 0.3) is 0 Å². The maximum absolute atomic E-state index is 5.69. The van der Waals surface area contributed by atoms with Gasteiger partial charge in [-0.1, -0.05) is 26.0 Å². The van der Waals surface area contributed by atoms with Crippen LogP contribution in [0.5, 0.6) is 0 Å². The normalized spacial score (nSPS) is 10.7. The molecule has 0 fully saturated rings. The Hall–Kier alpha value is -1.02. The number of nitrogens with zero attached hydrogens (tertiary/aromatic N) is 1. The van der Waals surface area contributed by atoms with Crippen LogP contribution < -0.4 is 10.6 Å². The van der Waals surface area contributed by atoms with Gasteiger partial charge in [-0.25, -0.2) is 0 Å². The first-order valence-electron chi connectivity index (χ1n) is 5.06. The van der Waals surface area contributed by atoms with Crippen LogP contribution in [0.2, 0.25) is 0 Å². The second-order valence-electron chi connectivity index (χ2n) is 4.14. The van der Waals surface area contributed by atoms with Crippen LogP contribution in [-0.2, 0) is 6.54 Å². The van der Waals surface area contributed by atoms with Crippen molar-refractivity contribution in [1.82, 2.24) is 0 Å². The van der Waals surface area contributed by atoms with Crippen LogP contribution in [0.15, 0.2) is 18.2 Å². The molecule has 0 aliphatic heterocycles. The van der Waals surface area contributed by atoms with Gasteiger partial charge in [0.05, 0.1) is 0 Å². The Labute approximate surface area is 86.7 Å². The molecule has 0 aromatic heterocycles. The summed E-state index contributed by atoms with van der Waals surface area (Å²) in [6, 6.07) is 6.53. The van der Waals surface area contributed by atoms with E-state index in [1.807, 2.05) is 0 Å². The Balaban J connectivity index is 3.14. The van der Waals surface area contributed by atoms with Crippen LogP contribution >= 0.6 is 0 Å². The molecule has 0 saturated heterocycles. The number of benzene rings is 1. The molecule has 0 saturated carbocycles. The SMILES string of the molecule is CC(C)c1ccc(CN)c(N(C)C)c1. The average molecular weight is 192 g/mol. The van der Waals surface area contributed by atoms with Crippen LogP contribution in [0.3, 0.4) is 0 Å². The zero-order chi connectivity index (χ0) is 10.7. The van der Waals surface area contributed by atoms with Gasteiger partial charge in [-0.15, -0.1) is 0 Å². The van der Waals surface area contributed by atoms with E-state index in [1.165, 1.54) is 16.8 Å². The average Bonchev–Trinajstić information content (AvgIpc) is 2.16. The topological polar surface area (TPSA) is 29.3 Å². The molecule has 2 nitrogen and oxygen atoms in total. The predicted molar refractivity (Wildman–Crippen MR) is 62.7 cm³/mol. The van der Waals surface area contributed by atoms with Crippen molar-refractivity contribution in [3.63, 3.8) is 0 Å². The second-order valence-corrected chi connectivity index (χ2v) is 4.14. The van der Waals surface area contributed by atoms with Gasteiger partial charge < -0.3 is 10.6 Å². The number of anilines is 1. The van der Waals surface area contributed by atoms with Gasteiger partial charge in [0.1, 0.15) is 0 Å². The lowest BCUT2D eigenvalue weighted by molar-refractivity contribution is 0.862. The van der Waals surface area contributed by atoms with Crippen LogP contribution in [0.25, 0.3) is 0 Å². The molecule has 0 amide bonds. The van der Waals surface area contributed by atoms with Gasteiger partial charge in [-0.2, -0.15) is 0 Å². The summed E-state index contributed by atoms with van der Waals surface area (Å²) in [7, 11) is 4.11. The molecule has 0 radical (unpaired) electrons. The molecule has 0 aliphatic rings. The highest BCUT2D eigenvalue weighted by atomic mass is 15.1. The van der Waals surface area contributed by atoms with Crippen molar-refractivity contribution in [3.8, 4) is 0 Å². The summed E-state index contributed by atoms with van der Waals surface area (Å²) in [5, 5.41) is 0. The van der Waals surface area contributed by atoms with Gasteiger partial charge in [-0.3, -0.25) is 0 Å². The van der Waals surface area contributed by atoms with Crippen LogP contribution in [0.4, 0.5) is 5.69 Å². The molecular weight excluding hydrogens is 172 g/mol. The minimum absolute atomic E-state index is 0.570. The molecule has 2 heteroatoms. The Kier molecular flexibility index (Phi) is 3.53. The lowest BCUT2D eigenvalue weighted by Crippen LogP contribution is -2.13. The molecule has 0 heterocycles. The van der Waals surface area contributed by atoms with Gasteiger partial charge in [0, 0.05) is 26.3 Å². The standard InChI is InChI=1S/C12H20N2/c1-9(2)10-5-6-11(8-13)12(7-10)14(3)4/h5-7,9H,8,13H2,1-4H3. The Bertz CT molecular complexity index is 303. The minimum Gasteiger partial charge on any atom is -0.377 e. The van der Waals surface area contributed by atoms with Crippen molar-refractivity contribution < 1.29 is 0 Å². The molecule has 0 aliphatic carbocycles. The quantitative estimate of drug-likeness (QED) is 0.796. The number of hydrogen-bond acceptors (Lipinski definition) is 2. The first-order valence-corrected chi connectivity index (χ1v) is 5.06. The summed E-state index contributed by atoms with van der Waals surface area (Å²) >= 11 is 0. The summed E-state index contributed by atoms with van der Waals surface area (Å²) in [5.41, 5.74) is 9.50. The smallest absolute Gasteiger partial charge is 0.0409 e. The monoisotopic (exact) mass is 192 g/mol. The first-order chi connectivity index (χ1) is 6.56. The Morgan fingerprint density at radius 2 is 1.93 bits per heavy atom. The summed E-state index contributed by atoms with van der Waals surface area (Å²) in [6.07, 6.45) is 0. The van der Waals surface area contributed by atoms with Crippen molar-refractivity contribution in [2.45, 2.75) is 26.3 Å². The van der Waals surface area contributed by atoms with E-state index in [0.29, 0.717) is 12.5 Å². The summed E-state index contributed by atoms with van der Waals surface area (Å²) in [5.74, 6) is 0.570. The number of hydrogen-bond donors (Lipinski definition) is 1. The maximum Gasteiger partial charge on any atom is 0.0409 e. The molecule has 1 aromatic rings. The highest BCUT2D eigenvalue weighted by Gasteiger charge is 2.06. The third-order valence-electron chi connectivity index (χ3n) is 2.48. The molecule has 0 unspecified atom stereocenters. The Morgan fingerprint density at radius 1 is 1.29 bits per heavy atom. The van der Waals surface area contributed by atoms with E-state index < -0.39 is 0 Å². The summed E-state index contributed by atoms with van der Waals surface area (Å²) in [4.78, 5) is 2.12. The first kappa shape index (κ1) is 11.1. The van der Waals surface area contributed by atoms with Crippen molar-refractivity contribution in [2.75, 3.05) is 19.0 Å². The summed E-state index contributed by atoms with van der Waals surface area (Å²) < 4.78 is 0. The maximum atomic E-state index is 5.69. The molecule has 14 heavy (non-hydrogen) atoms. The molecule has 78 valence electrons. The fourth-order valence-electron chi connectivity index (χ4n) is 1.53. The zero-order valence-electron chi connectivity index (χ0n) is 9.54. The molecule has 0 atom stereocenters. The summed E-state index contributed by atoms with van der Waals surface area (Å²) in [6.45, 7) is 5.01. The number of nitrogens with two attached hydrogens (primary N) is 1. The molecule has 2 N–H and O–H groups in total. The van der Waals surface area contributed by atoms with E-state index >= 15 is 0 Å². The van der Waals surface area contributed by atoms with Crippen molar-refractivity contribution >= 4 is 5.69 Å². The zero-order valence-corrected chi connectivity index (χ0v) is 9.54. The molecule has 0 bridgehead atoms. The molecular formula is C12H20N2. The van der Waals surface area contributed by atoms with Crippen molar-refractivity contribution in [3.05, 3.63) is 29.3 Å². The fourth-order valence-corrected chi connectivity index (χ4v) is 1.53. The third-order valence-corrected chi connectivity index (χ3v) is 2.48.